The monoisotopic (exact) mass is 218 g/mol. The van der Waals surface area contributed by atoms with E-state index in [9.17, 15) is 15.3 Å². The molecule has 0 radical (unpaired) electrons. The number of aliphatic hydroxyl groups excluding tert-OH is 2. The first kappa shape index (κ1) is 12.9. The first-order chi connectivity index (χ1) is 6.88. The van der Waals surface area contributed by atoms with Crippen LogP contribution in [0.1, 0.15) is 33.6 Å². The van der Waals surface area contributed by atoms with E-state index < -0.39 is 23.9 Å². The Morgan fingerprint density at radius 1 is 1.40 bits per heavy atom. The maximum Gasteiger partial charge on any atom is 0.119 e. The van der Waals surface area contributed by atoms with Gasteiger partial charge in [-0.05, 0) is 25.7 Å². The van der Waals surface area contributed by atoms with Gasteiger partial charge in [-0.3, -0.25) is 0 Å². The van der Waals surface area contributed by atoms with E-state index in [1.807, 2.05) is 0 Å². The summed E-state index contributed by atoms with van der Waals surface area (Å²) in [7, 11) is 0. The van der Waals surface area contributed by atoms with Crippen molar-refractivity contribution in [1.29, 1.82) is 0 Å². The Morgan fingerprint density at radius 2 is 2.00 bits per heavy atom. The molecule has 0 aromatic heterocycles. The van der Waals surface area contributed by atoms with Crippen LogP contribution in [-0.2, 0) is 4.74 Å². The normalized spacial score (nSPS) is 42.2. The molecule has 0 aliphatic carbocycles. The Kier molecular flexibility index (Phi) is 4.12. The van der Waals surface area contributed by atoms with Gasteiger partial charge in [-0.15, -0.1) is 0 Å². The van der Waals surface area contributed by atoms with Gasteiger partial charge in [0.1, 0.15) is 17.8 Å². The molecule has 1 saturated heterocycles. The molecule has 0 saturated carbocycles. The lowest BCUT2D eigenvalue weighted by Gasteiger charge is -2.44. The first-order valence-corrected chi connectivity index (χ1v) is 5.58. The zero-order valence-electron chi connectivity index (χ0n) is 9.68. The minimum Gasteiger partial charge on any atom is -0.388 e. The van der Waals surface area contributed by atoms with Gasteiger partial charge in [0.05, 0.1) is 12.7 Å². The summed E-state index contributed by atoms with van der Waals surface area (Å²) >= 11 is 0. The third kappa shape index (κ3) is 2.69. The smallest absolute Gasteiger partial charge is 0.119 e. The highest BCUT2D eigenvalue weighted by Crippen LogP contribution is 2.31. The summed E-state index contributed by atoms with van der Waals surface area (Å²) in [6, 6.07) is 0. The molecule has 15 heavy (non-hydrogen) atoms. The third-order valence-corrected chi connectivity index (χ3v) is 3.22. The number of ether oxygens (including phenoxy) is 1. The summed E-state index contributed by atoms with van der Waals surface area (Å²) in [6.45, 7) is 5.93. The maximum absolute atomic E-state index is 10.3. The van der Waals surface area contributed by atoms with Crippen molar-refractivity contribution in [2.45, 2.75) is 57.5 Å². The Hall–Kier alpha value is -0.160. The zero-order valence-corrected chi connectivity index (χ0v) is 9.68. The molecule has 4 nitrogen and oxygen atoms in total. The molecule has 1 heterocycles. The van der Waals surface area contributed by atoms with E-state index in [2.05, 4.69) is 13.8 Å². The summed E-state index contributed by atoms with van der Waals surface area (Å²) in [5.74, 6) is 0.451. The summed E-state index contributed by atoms with van der Waals surface area (Å²) in [6.07, 6.45) is -1.29. The second-order valence-electron chi connectivity index (χ2n) is 4.91. The second kappa shape index (κ2) is 4.78. The molecule has 0 bridgehead atoms. The summed E-state index contributed by atoms with van der Waals surface area (Å²) in [5.41, 5.74) is -1.32. The highest BCUT2D eigenvalue weighted by atomic mass is 16.5. The second-order valence-corrected chi connectivity index (χ2v) is 4.91. The molecule has 0 amide bonds. The fraction of sp³-hybridized carbons (Fsp3) is 1.00. The van der Waals surface area contributed by atoms with Crippen molar-refractivity contribution >= 4 is 0 Å². The zero-order chi connectivity index (χ0) is 11.6. The molecule has 3 N–H and O–H groups in total. The predicted octanol–water partition coefficient (Wildman–Crippen LogP) is 0.294. The quantitative estimate of drug-likeness (QED) is 0.637. The average molecular weight is 218 g/mol. The standard InChI is InChI=1S/C11H22O4/c1-7(2)4-5-11(14)8(3)15-6-9(12)10(11)13/h7-10,12-14H,4-6H2,1-3H3/t8?,9?,10?,11-/m1/s1. The van der Waals surface area contributed by atoms with Crippen LogP contribution in [0.5, 0.6) is 0 Å². The topological polar surface area (TPSA) is 69.9 Å². The SMILES string of the molecule is CC(C)CC[C@@]1(O)C(C)OCC(O)C1O. The van der Waals surface area contributed by atoms with Crippen molar-refractivity contribution in [3.05, 3.63) is 0 Å². The average Bonchev–Trinajstić information content (AvgIpc) is 2.18. The van der Waals surface area contributed by atoms with E-state index in [1.54, 1.807) is 6.92 Å². The van der Waals surface area contributed by atoms with Gasteiger partial charge < -0.3 is 20.1 Å². The van der Waals surface area contributed by atoms with E-state index in [-0.39, 0.29) is 6.61 Å². The minimum absolute atomic E-state index is 0.0896. The fourth-order valence-electron chi connectivity index (χ4n) is 1.92. The highest BCUT2D eigenvalue weighted by Gasteiger charge is 2.48. The van der Waals surface area contributed by atoms with Gasteiger partial charge in [0, 0.05) is 0 Å². The van der Waals surface area contributed by atoms with Crippen LogP contribution in [-0.4, -0.2) is 45.8 Å². The van der Waals surface area contributed by atoms with Gasteiger partial charge in [-0.2, -0.15) is 0 Å². The van der Waals surface area contributed by atoms with Crippen molar-refractivity contribution in [2.75, 3.05) is 6.61 Å². The molecule has 90 valence electrons. The van der Waals surface area contributed by atoms with E-state index in [0.29, 0.717) is 12.3 Å². The van der Waals surface area contributed by atoms with Crippen molar-refractivity contribution in [1.82, 2.24) is 0 Å². The molecule has 0 spiro atoms. The van der Waals surface area contributed by atoms with E-state index in [1.165, 1.54) is 0 Å². The van der Waals surface area contributed by atoms with Crippen LogP contribution >= 0.6 is 0 Å². The lowest BCUT2D eigenvalue weighted by atomic mass is 9.80. The van der Waals surface area contributed by atoms with Crippen LogP contribution in [0.4, 0.5) is 0 Å². The van der Waals surface area contributed by atoms with Crippen LogP contribution in [0.15, 0.2) is 0 Å². The van der Waals surface area contributed by atoms with Crippen LogP contribution in [0.3, 0.4) is 0 Å². The molecule has 1 aliphatic heterocycles. The highest BCUT2D eigenvalue weighted by molar-refractivity contribution is 4.98. The molecule has 0 aromatic carbocycles. The Morgan fingerprint density at radius 3 is 2.53 bits per heavy atom. The predicted molar refractivity (Wildman–Crippen MR) is 56.4 cm³/mol. The molecule has 1 fully saturated rings. The minimum atomic E-state index is -1.32. The molecular weight excluding hydrogens is 196 g/mol. The lowest BCUT2D eigenvalue weighted by Crippen LogP contribution is -2.61. The summed E-state index contributed by atoms with van der Waals surface area (Å²) < 4.78 is 5.25. The molecule has 4 atom stereocenters. The maximum atomic E-state index is 10.3. The van der Waals surface area contributed by atoms with Crippen LogP contribution < -0.4 is 0 Å². The van der Waals surface area contributed by atoms with Crippen molar-refractivity contribution in [3.8, 4) is 0 Å². The number of rotatable bonds is 3. The van der Waals surface area contributed by atoms with Gasteiger partial charge in [-0.1, -0.05) is 13.8 Å². The van der Waals surface area contributed by atoms with Crippen molar-refractivity contribution in [2.24, 2.45) is 5.92 Å². The van der Waals surface area contributed by atoms with E-state index in [4.69, 9.17) is 4.74 Å². The molecule has 3 unspecified atom stereocenters. The Bertz CT molecular complexity index is 207. The molecule has 4 heteroatoms. The molecule has 1 rings (SSSR count). The number of hydrogen-bond acceptors (Lipinski definition) is 4. The van der Waals surface area contributed by atoms with Gasteiger partial charge in [0.2, 0.25) is 0 Å². The van der Waals surface area contributed by atoms with Gasteiger partial charge >= 0.3 is 0 Å². The molecular formula is C11H22O4. The van der Waals surface area contributed by atoms with Crippen molar-refractivity contribution < 1.29 is 20.1 Å². The molecule has 1 aliphatic rings. The number of aliphatic hydroxyl groups is 3. The van der Waals surface area contributed by atoms with Crippen LogP contribution in [0, 0.1) is 5.92 Å². The van der Waals surface area contributed by atoms with Crippen LogP contribution in [0.2, 0.25) is 0 Å². The van der Waals surface area contributed by atoms with E-state index >= 15 is 0 Å². The Labute approximate surface area is 90.9 Å². The van der Waals surface area contributed by atoms with Gasteiger partial charge in [0.15, 0.2) is 0 Å². The fourth-order valence-corrected chi connectivity index (χ4v) is 1.92. The lowest BCUT2D eigenvalue weighted by molar-refractivity contribution is -0.240. The van der Waals surface area contributed by atoms with Gasteiger partial charge in [0.25, 0.3) is 0 Å². The molecule has 0 aromatic rings. The summed E-state index contributed by atoms with van der Waals surface area (Å²) in [5, 5.41) is 29.6. The number of hydrogen-bond donors (Lipinski definition) is 3. The third-order valence-electron chi connectivity index (χ3n) is 3.22. The Balaban J connectivity index is 2.67. The van der Waals surface area contributed by atoms with Crippen LogP contribution in [0.25, 0.3) is 0 Å². The van der Waals surface area contributed by atoms with Crippen molar-refractivity contribution in [3.63, 3.8) is 0 Å². The summed E-state index contributed by atoms with van der Waals surface area (Å²) in [4.78, 5) is 0. The largest absolute Gasteiger partial charge is 0.388 e. The van der Waals surface area contributed by atoms with E-state index in [0.717, 1.165) is 6.42 Å². The van der Waals surface area contributed by atoms with Gasteiger partial charge in [-0.25, -0.2) is 0 Å². The first-order valence-electron chi connectivity index (χ1n) is 5.58.